The Bertz CT molecular complexity index is 5150. The molecule has 16 aromatic rings. The van der Waals surface area contributed by atoms with Gasteiger partial charge in [-0.3, -0.25) is 0 Å². The van der Waals surface area contributed by atoms with E-state index in [1.54, 1.807) is 0 Å². The molecule has 0 unspecified atom stereocenters. The molecule has 80 heavy (non-hydrogen) atoms. The number of anilines is 6. The van der Waals surface area contributed by atoms with Crippen molar-refractivity contribution in [3.63, 3.8) is 0 Å². The molecule has 0 amide bonds. The van der Waals surface area contributed by atoms with E-state index in [0.29, 0.717) is 0 Å². The summed E-state index contributed by atoms with van der Waals surface area (Å²) in [6, 6.07) is 102. The summed E-state index contributed by atoms with van der Waals surface area (Å²) < 4.78 is 11.7. The zero-order valence-electron chi connectivity index (χ0n) is 43.5. The van der Waals surface area contributed by atoms with Crippen LogP contribution in [0.25, 0.3) is 110 Å². The van der Waals surface area contributed by atoms with Crippen molar-refractivity contribution in [1.82, 2.24) is 9.13 Å². The molecule has 17 rings (SSSR count). The molecule has 0 radical (unpaired) electrons. The molecule has 0 bridgehead atoms. The maximum atomic E-state index is 6.90. The molecular formula is C75H48N4O. The Kier molecular flexibility index (Phi) is 9.71. The van der Waals surface area contributed by atoms with Crippen molar-refractivity contribution in [2.45, 2.75) is 6.42 Å². The van der Waals surface area contributed by atoms with Gasteiger partial charge in [0.05, 0.1) is 33.4 Å². The van der Waals surface area contributed by atoms with E-state index in [1.165, 1.54) is 76.5 Å². The number of hydrogen-bond donors (Lipinski definition) is 0. The Labute approximate surface area is 461 Å². The largest absolute Gasteiger partial charge is 0.456 e. The lowest BCUT2D eigenvalue weighted by Gasteiger charge is -2.27. The van der Waals surface area contributed by atoms with Gasteiger partial charge in [-0.2, -0.15) is 0 Å². The molecule has 3 aromatic heterocycles. The minimum absolute atomic E-state index is 0.856. The Balaban J connectivity index is 0.762. The fourth-order valence-corrected chi connectivity index (χ4v) is 13.3. The average Bonchev–Trinajstić information content (AvgIpc) is 4.45. The Hall–Kier alpha value is -10.6. The highest BCUT2D eigenvalue weighted by Gasteiger charge is 2.26. The highest BCUT2D eigenvalue weighted by molar-refractivity contribution is 6.17. The van der Waals surface area contributed by atoms with E-state index in [2.05, 4.69) is 298 Å². The number of aromatic nitrogens is 2. The van der Waals surface area contributed by atoms with Crippen LogP contribution in [0, 0.1) is 0 Å². The maximum absolute atomic E-state index is 6.90. The molecule has 5 heteroatoms. The highest BCUT2D eigenvalue weighted by atomic mass is 16.3. The van der Waals surface area contributed by atoms with Crippen molar-refractivity contribution >= 4 is 121 Å². The molecule has 0 N–H and O–H groups in total. The predicted molar refractivity (Wildman–Crippen MR) is 335 cm³/mol. The third-order valence-corrected chi connectivity index (χ3v) is 16.8. The number of fused-ring (bicyclic) bond motifs is 14. The Morgan fingerprint density at radius 2 is 0.725 bits per heavy atom. The van der Waals surface area contributed by atoms with Gasteiger partial charge in [-0.15, -0.1) is 0 Å². The van der Waals surface area contributed by atoms with Crippen molar-refractivity contribution in [3.05, 3.63) is 290 Å². The lowest BCUT2D eigenvalue weighted by atomic mass is 9.99. The van der Waals surface area contributed by atoms with Gasteiger partial charge < -0.3 is 23.4 Å². The lowest BCUT2D eigenvalue weighted by molar-refractivity contribution is 0.669. The SMILES string of the molecule is c1ccc(N(c2ccc3cc4c(cc3c2)Cc2cc3c(cc2-4)oc2cc4cc(N(c5ccccc5)c5cccc6c7ccccc7n(-c7ccccc7)c56)ccc4cc23)c2cccc3c4ccccc4n(-c4ccccc4)c23)cc1. The second-order valence-electron chi connectivity index (χ2n) is 21.3. The molecule has 0 saturated carbocycles. The van der Waals surface area contributed by atoms with Crippen LogP contribution >= 0.6 is 0 Å². The minimum Gasteiger partial charge on any atom is -0.456 e. The molecule has 5 nitrogen and oxygen atoms in total. The van der Waals surface area contributed by atoms with Gasteiger partial charge in [-0.05, 0) is 178 Å². The molecule has 3 heterocycles. The smallest absolute Gasteiger partial charge is 0.136 e. The van der Waals surface area contributed by atoms with Crippen LogP contribution in [-0.4, -0.2) is 9.13 Å². The molecular weight excluding hydrogens is 973 g/mol. The van der Waals surface area contributed by atoms with Crippen LogP contribution in [0.2, 0.25) is 0 Å². The third-order valence-electron chi connectivity index (χ3n) is 16.8. The van der Waals surface area contributed by atoms with Gasteiger partial charge >= 0.3 is 0 Å². The molecule has 1 aliphatic carbocycles. The highest BCUT2D eigenvalue weighted by Crippen LogP contribution is 2.49. The molecule has 0 fully saturated rings. The predicted octanol–water partition coefficient (Wildman–Crippen LogP) is 20.6. The van der Waals surface area contributed by atoms with Crippen molar-refractivity contribution in [1.29, 1.82) is 0 Å². The number of hydrogen-bond acceptors (Lipinski definition) is 3. The van der Waals surface area contributed by atoms with Crippen LogP contribution in [0.15, 0.2) is 283 Å². The van der Waals surface area contributed by atoms with Crippen molar-refractivity contribution in [2.24, 2.45) is 0 Å². The normalized spacial score (nSPS) is 12.2. The molecule has 374 valence electrons. The molecule has 0 spiro atoms. The van der Waals surface area contributed by atoms with Crippen LogP contribution in [0.4, 0.5) is 34.1 Å². The van der Waals surface area contributed by atoms with Gasteiger partial charge in [0.25, 0.3) is 0 Å². The summed E-state index contributed by atoms with van der Waals surface area (Å²) >= 11 is 0. The molecule has 0 aliphatic heterocycles. The second-order valence-corrected chi connectivity index (χ2v) is 21.3. The van der Waals surface area contributed by atoms with Crippen LogP contribution in [0.5, 0.6) is 0 Å². The van der Waals surface area contributed by atoms with Crippen LogP contribution < -0.4 is 9.80 Å². The molecule has 0 saturated heterocycles. The van der Waals surface area contributed by atoms with E-state index in [9.17, 15) is 0 Å². The first kappa shape index (κ1) is 44.5. The van der Waals surface area contributed by atoms with Crippen molar-refractivity contribution < 1.29 is 4.42 Å². The van der Waals surface area contributed by atoms with Gasteiger partial charge in [0.1, 0.15) is 11.2 Å². The van der Waals surface area contributed by atoms with Gasteiger partial charge in [-0.25, -0.2) is 0 Å². The van der Waals surface area contributed by atoms with Gasteiger partial charge in [0.15, 0.2) is 0 Å². The molecule has 13 aromatic carbocycles. The average molecular weight is 1020 g/mol. The third kappa shape index (κ3) is 6.77. The van der Waals surface area contributed by atoms with E-state index in [0.717, 1.165) is 84.8 Å². The topological polar surface area (TPSA) is 29.5 Å². The number of furan rings is 1. The fraction of sp³-hybridized carbons (Fsp3) is 0.0133. The van der Waals surface area contributed by atoms with Crippen molar-refractivity contribution in [2.75, 3.05) is 9.80 Å². The summed E-state index contributed by atoms with van der Waals surface area (Å²) in [7, 11) is 0. The van der Waals surface area contributed by atoms with Gasteiger partial charge in [-0.1, -0.05) is 152 Å². The van der Waals surface area contributed by atoms with Crippen LogP contribution in [0.1, 0.15) is 11.1 Å². The summed E-state index contributed by atoms with van der Waals surface area (Å²) in [5.74, 6) is 0. The summed E-state index contributed by atoms with van der Waals surface area (Å²) in [6.45, 7) is 0. The van der Waals surface area contributed by atoms with E-state index < -0.39 is 0 Å². The second kappa shape index (κ2) is 17.5. The van der Waals surface area contributed by atoms with Crippen LogP contribution in [-0.2, 0) is 6.42 Å². The quantitative estimate of drug-likeness (QED) is 0.152. The standard InChI is InChI=1S/C75H48N4O/c1-5-19-54(20-6-1)76(70-33-17-29-62-60-27-13-15-31-68(60)78(74(62)70)56-23-9-3-10-24-56)58-37-35-48-43-64-52(39-50(48)41-58)40-53-45-67-66-44-49-36-38-59(42-51(49)46-72(66)80-73(67)47-65(53)64)77(55-21-7-2-8-22-55)71-34-18-30-63-61-28-14-16-32-69(61)79(75(63)71)57-25-11-4-12-26-57/h1-39,41-47H,40H2. The van der Waals surface area contributed by atoms with E-state index in [4.69, 9.17) is 4.42 Å². The fourth-order valence-electron chi connectivity index (χ4n) is 13.3. The Morgan fingerprint density at radius 1 is 0.287 bits per heavy atom. The van der Waals surface area contributed by atoms with Gasteiger partial charge in [0.2, 0.25) is 0 Å². The summed E-state index contributed by atoms with van der Waals surface area (Å²) in [5, 5.41) is 11.9. The van der Waals surface area contributed by atoms with E-state index >= 15 is 0 Å². The summed E-state index contributed by atoms with van der Waals surface area (Å²) in [4.78, 5) is 4.83. The number of benzene rings is 13. The maximum Gasteiger partial charge on any atom is 0.136 e. The first-order valence-electron chi connectivity index (χ1n) is 27.5. The monoisotopic (exact) mass is 1020 g/mol. The molecule has 1 aliphatic rings. The first-order chi connectivity index (χ1) is 39.7. The van der Waals surface area contributed by atoms with Gasteiger partial charge in [0, 0.05) is 66.4 Å². The zero-order chi connectivity index (χ0) is 52.4. The summed E-state index contributed by atoms with van der Waals surface area (Å²) in [6.07, 6.45) is 0.856. The minimum atomic E-state index is 0.856. The number of rotatable bonds is 8. The van der Waals surface area contributed by atoms with Crippen molar-refractivity contribution in [3.8, 4) is 22.5 Å². The number of para-hydroxylation sites is 8. The van der Waals surface area contributed by atoms with E-state index in [1.807, 2.05) is 0 Å². The molecule has 0 atom stereocenters. The lowest BCUT2D eigenvalue weighted by Crippen LogP contribution is -2.11. The van der Waals surface area contributed by atoms with Crippen LogP contribution in [0.3, 0.4) is 0 Å². The summed E-state index contributed by atoms with van der Waals surface area (Å²) in [5.41, 5.74) is 20.5. The zero-order valence-corrected chi connectivity index (χ0v) is 43.5. The van der Waals surface area contributed by atoms with E-state index in [-0.39, 0.29) is 0 Å². The first-order valence-corrected chi connectivity index (χ1v) is 27.5. The Morgan fingerprint density at radius 3 is 1.29 bits per heavy atom. The number of nitrogens with zero attached hydrogens (tertiary/aromatic N) is 4.